The van der Waals surface area contributed by atoms with Crippen LogP contribution in [0.15, 0.2) is 207 Å². The zero-order valence-electron chi connectivity index (χ0n) is 31.7. The molecule has 10 aromatic carbocycles. The molecule has 0 saturated carbocycles. The third-order valence-electron chi connectivity index (χ3n) is 12.3. The van der Waals surface area contributed by atoms with Crippen molar-refractivity contribution in [2.24, 2.45) is 0 Å². The van der Waals surface area contributed by atoms with Crippen LogP contribution >= 0.6 is 0 Å². The van der Waals surface area contributed by atoms with Gasteiger partial charge < -0.3 is 13.3 Å². The molecule has 59 heavy (non-hydrogen) atoms. The van der Waals surface area contributed by atoms with Crippen LogP contribution in [-0.2, 0) is 0 Å². The summed E-state index contributed by atoms with van der Waals surface area (Å²) in [6.07, 6.45) is 0. The monoisotopic (exact) mass is 752 g/mol. The summed E-state index contributed by atoms with van der Waals surface area (Å²) in [5, 5.41) is 11.3. The summed E-state index contributed by atoms with van der Waals surface area (Å²) in [6.45, 7) is 0. The van der Waals surface area contributed by atoms with Crippen LogP contribution in [0.5, 0.6) is 0 Å². The summed E-state index contributed by atoms with van der Waals surface area (Å²) in [5.74, 6) is 0. The summed E-state index contributed by atoms with van der Waals surface area (Å²) in [4.78, 5) is 0. The smallest absolute Gasteiger partial charge is 0.144 e. The topological polar surface area (TPSA) is 39.4 Å². The Hall–Kier alpha value is -7.88. The van der Waals surface area contributed by atoms with Gasteiger partial charge in [-0.1, -0.05) is 158 Å². The Morgan fingerprint density at radius 3 is 1.19 bits per heavy atom. The van der Waals surface area contributed by atoms with Crippen molar-refractivity contribution in [2.45, 2.75) is 0 Å². The fraction of sp³-hybridized carbons (Fsp3) is 0. The molecule has 274 valence electrons. The van der Waals surface area contributed by atoms with E-state index >= 15 is 0 Å². The molecule has 0 aliphatic carbocycles. The van der Waals surface area contributed by atoms with E-state index in [4.69, 9.17) is 13.3 Å². The maximum absolute atomic E-state index is 7.00. The van der Waals surface area contributed by atoms with Gasteiger partial charge in [0.15, 0.2) is 0 Å². The normalized spacial score (nSPS) is 12.1. The van der Waals surface area contributed by atoms with E-state index < -0.39 is 0 Å². The van der Waals surface area contributed by atoms with Gasteiger partial charge in [-0.2, -0.15) is 0 Å². The van der Waals surface area contributed by atoms with E-state index in [-0.39, 0.29) is 0 Å². The third-order valence-corrected chi connectivity index (χ3v) is 12.3. The minimum atomic E-state index is 0.825. The van der Waals surface area contributed by atoms with Crippen LogP contribution in [0.25, 0.3) is 132 Å². The fourth-order valence-electron chi connectivity index (χ4n) is 9.85. The van der Waals surface area contributed by atoms with Crippen molar-refractivity contribution in [3.63, 3.8) is 0 Å². The first-order chi connectivity index (χ1) is 29.3. The lowest BCUT2D eigenvalue weighted by atomic mass is 9.84. The van der Waals surface area contributed by atoms with Crippen molar-refractivity contribution in [1.82, 2.24) is 0 Å². The minimum Gasteiger partial charge on any atom is -0.456 e. The molecule has 3 heteroatoms. The van der Waals surface area contributed by atoms with Gasteiger partial charge >= 0.3 is 0 Å². The Bertz CT molecular complexity index is 3780. The Morgan fingerprint density at radius 1 is 0.220 bits per heavy atom. The summed E-state index contributed by atoms with van der Waals surface area (Å²) in [7, 11) is 0. The molecule has 0 amide bonds. The molecule has 0 bridgehead atoms. The summed E-state index contributed by atoms with van der Waals surface area (Å²) < 4.78 is 20.3. The van der Waals surface area contributed by atoms with Crippen LogP contribution in [0.3, 0.4) is 0 Å². The lowest BCUT2D eigenvalue weighted by Crippen LogP contribution is -1.92. The van der Waals surface area contributed by atoms with Gasteiger partial charge in [0.1, 0.15) is 33.5 Å². The maximum Gasteiger partial charge on any atom is 0.144 e. The number of hydrogen-bond donors (Lipinski definition) is 0. The molecular weight excluding hydrogens is 721 g/mol. The molecule has 13 aromatic rings. The Labute approximate surface area is 337 Å². The van der Waals surface area contributed by atoms with E-state index in [2.05, 4.69) is 176 Å². The average Bonchev–Trinajstić information content (AvgIpc) is 4.00. The van der Waals surface area contributed by atoms with Crippen molar-refractivity contribution in [3.05, 3.63) is 194 Å². The van der Waals surface area contributed by atoms with Gasteiger partial charge in [-0.3, -0.25) is 0 Å². The number of benzene rings is 10. The quantitative estimate of drug-likeness (QED) is 0.168. The molecule has 13 rings (SSSR count). The highest BCUT2D eigenvalue weighted by Crippen LogP contribution is 2.51. The minimum absolute atomic E-state index is 0.825. The zero-order chi connectivity index (χ0) is 38.6. The van der Waals surface area contributed by atoms with Gasteiger partial charge in [-0.15, -0.1) is 0 Å². The Kier molecular flexibility index (Phi) is 6.72. The zero-order valence-corrected chi connectivity index (χ0v) is 31.7. The molecule has 3 aromatic heterocycles. The molecule has 0 aliphatic heterocycles. The molecule has 0 spiro atoms. The van der Waals surface area contributed by atoms with Gasteiger partial charge in [0, 0.05) is 43.4 Å². The van der Waals surface area contributed by atoms with E-state index in [9.17, 15) is 0 Å². The highest BCUT2D eigenvalue weighted by molar-refractivity contribution is 6.28. The molecule has 3 heterocycles. The fourth-order valence-corrected chi connectivity index (χ4v) is 9.85. The Morgan fingerprint density at radius 2 is 0.610 bits per heavy atom. The molecule has 0 radical (unpaired) electrons. The first kappa shape index (κ1) is 32.2. The number of hydrogen-bond acceptors (Lipinski definition) is 3. The summed E-state index contributed by atoms with van der Waals surface area (Å²) in [6, 6.07) is 68.8. The second kappa shape index (κ2) is 12.3. The molecule has 3 nitrogen and oxygen atoms in total. The largest absolute Gasteiger partial charge is 0.456 e. The van der Waals surface area contributed by atoms with Crippen molar-refractivity contribution in [3.8, 4) is 44.5 Å². The molecule has 0 N–H and O–H groups in total. The first-order valence-electron chi connectivity index (χ1n) is 20.1. The van der Waals surface area contributed by atoms with Crippen molar-refractivity contribution in [2.75, 3.05) is 0 Å². The number of fused-ring (bicyclic) bond motifs is 11. The highest BCUT2D eigenvalue weighted by atomic mass is 16.3. The molecular formula is C56H32O3. The van der Waals surface area contributed by atoms with Gasteiger partial charge in [-0.25, -0.2) is 0 Å². The van der Waals surface area contributed by atoms with E-state index in [0.29, 0.717) is 0 Å². The third kappa shape index (κ3) is 4.58. The maximum atomic E-state index is 7.00. The van der Waals surface area contributed by atoms with E-state index in [1.165, 1.54) is 38.2 Å². The van der Waals surface area contributed by atoms with Crippen LogP contribution in [-0.4, -0.2) is 0 Å². The van der Waals surface area contributed by atoms with Crippen LogP contribution in [0.4, 0.5) is 0 Å². The van der Waals surface area contributed by atoms with Crippen LogP contribution in [0, 0.1) is 0 Å². The number of para-hydroxylation sites is 3. The standard InChI is InChI=1S/C56H32O3/c1-2-15-33(16-3-1)50-34-17-4-6-19-36(34)51(37-20-7-5-18-35(37)50)45-32-31-41(56-54(45)44-23-10-13-27-48(44)59-56)40-30-29-39(53-43-22-9-12-26-47(43)58-55(40)53)38-24-14-28-49-52(38)42-21-8-11-25-46(42)57-49/h1-32H. The molecule has 0 unspecified atom stereocenters. The predicted octanol–water partition coefficient (Wildman–Crippen LogP) is 16.4. The first-order valence-corrected chi connectivity index (χ1v) is 20.1. The van der Waals surface area contributed by atoms with Crippen molar-refractivity contribution in [1.29, 1.82) is 0 Å². The lowest BCUT2D eigenvalue weighted by Gasteiger charge is -2.18. The summed E-state index contributed by atoms with van der Waals surface area (Å²) >= 11 is 0. The van der Waals surface area contributed by atoms with Gasteiger partial charge in [0.25, 0.3) is 0 Å². The van der Waals surface area contributed by atoms with E-state index in [0.717, 1.165) is 93.6 Å². The molecule has 0 fully saturated rings. The second-order valence-corrected chi connectivity index (χ2v) is 15.4. The van der Waals surface area contributed by atoms with E-state index in [1.807, 2.05) is 18.2 Å². The highest BCUT2D eigenvalue weighted by Gasteiger charge is 2.25. The number of rotatable bonds is 4. The van der Waals surface area contributed by atoms with Crippen molar-refractivity contribution < 1.29 is 13.3 Å². The van der Waals surface area contributed by atoms with Crippen LogP contribution in [0.2, 0.25) is 0 Å². The molecule has 0 aliphatic rings. The summed E-state index contributed by atoms with van der Waals surface area (Å²) in [5.41, 5.74) is 14.0. The average molecular weight is 753 g/mol. The second-order valence-electron chi connectivity index (χ2n) is 15.4. The SMILES string of the molecule is c1ccc(-c2c3ccccc3c(-c3ccc(-c4ccc(-c5cccc6oc7ccccc7c56)c5c4oc4ccccc45)c4oc5ccccc5c34)c3ccccc23)cc1. The Balaban J connectivity index is 1.12. The molecule has 0 atom stereocenters. The molecule has 0 saturated heterocycles. The number of furan rings is 3. The van der Waals surface area contributed by atoms with Gasteiger partial charge in [-0.05, 0) is 91.3 Å². The van der Waals surface area contributed by atoms with Crippen molar-refractivity contribution >= 4 is 87.4 Å². The lowest BCUT2D eigenvalue weighted by molar-refractivity contribution is 0.665. The van der Waals surface area contributed by atoms with Gasteiger partial charge in [0.2, 0.25) is 0 Å². The van der Waals surface area contributed by atoms with E-state index in [1.54, 1.807) is 0 Å². The van der Waals surface area contributed by atoms with Gasteiger partial charge in [0.05, 0.1) is 0 Å². The predicted molar refractivity (Wildman–Crippen MR) is 245 cm³/mol. The van der Waals surface area contributed by atoms with Crippen LogP contribution in [0.1, 0.15) is 0 Å². The van der Waals surface area contributed by atoms with Crippen LogP contribution < -0.4 is 0 Å².